The molecule has 7 nitrogen and oxygen atoms in total. The van der Waals surface area contributed by atoms with Gasteiger partial charge in [0.15, 0.2) is 5.84 Å². The molecule has 0 saturated heterocycles. The third-order valence-corrected chi connectivity index (χ3v) is 0.958. The van der Waals surface area contributed by atoms with Crippen molar-refractivity contribution in [3.63, 3.8) is 0 Å². The van der Waals surface area contributed by atoms with Crippen molar-refractivity contribution in [3.8, 4) is 0 Å². The lowest BCUT2D eigenvalue weighted by atomic mass is 10.5. The van der Waals surface area contributed by atoms with Crippen LogP contribution >= 0.6 is 0 Å². The molecule has 0 saturated carbocycles. The second-order valence-corrected chi connectivity index (χ2v) is 1.94. The lowest BCUT2D eigenvalue weighted by molar-refractivity contribution is 0.158. The minimum absolute atomic E-state index is 0.0640. The number of rotatable bonds is 5. The highest BCUT2D eigenvalue weighted by atomic mass is 16.5. The molecule has 0 aliphatic rings. The van der Waals surface area contributed by atoms with Crippen LogP contribution in [-0.2, 0) is 4.74 Å². The lowest BCUT2D eigenvalue weighted by Crippen LogP contribution is -2.32. The number of oxime groups is 1. The first-order valence-corrected chi connectivity index (χ1v) is 3.26. The number of primary amides is 1. The highest BCUT2D eigenvalue weighted by Gasteiger charge is 1.94. The van der Waals surface area contributed by atoms with E-state index in [9.17, 15) is 4.79 Å². The van der Waals surface area contributed by atoms with Crippen LogP contribution in [0.2, 0.25) is 0 Å². The number of nitrogens with zero attached hydrogens (tertiary/aromatic N) is 1. The molecule has 0 aromatic rings. The van der Waals surface area contributed by atoms with Crippen molar-refractivity contribution >= 4 is 11.9 Å². The Morgan fingerprint density at radius 1 is 1.58 bits per heavy atom. The summed E-state index contributed by atoms with van der Waals surface area (Å²) < 4.78 is 4.39. The van der Waals surface area contributed by atoms with Gasteiger partial charge in [0.1, 0.15) is 6.61 Å². The molecule has 0 bridgehead atoms. The highest BCUT2D eigenvalue weighted by molar-refractivity contribution is 5.81. The van der Waals surface area contributed by atoms with Crippen molar-refractivity contribution in [3.05, 3.63) is 0 Å². The number of nitrogens with two attached hydrogens (primary N) is 2. The normalized spacial score (nSPS) is 11.2. The lowest BCUT2D eigenvalue weighted by Gasteiger charge is -2.02. The summed E-state index contributed by atoms with van der Waals surface area (Å²) in [5.41, 5.74) is 9.80. The van der Waals surface area contributed by atoms with Crippen LogP contribution in [0.1, 0.15) is 0 Å². The number of ether oxygens (including phenoxy) is 1. The molecule has 1 amide bonds. The molecule has 0 aliphatic carbocycles. The van der Waals surface area contributed by atoms with E-state index in [4.69, 9.17) is 10.9 Å². The van der Waals surface area contributed by atoms with Crippen LogP contribution in [0.5, 0.6) is 0 Å². The van der Waals surface area contributed by atoms with E-state index in [1.165, 1.54) is 0 Å². The summed E-state index contributed by atoms with van der Waals surface area (Å²) in [6.07, 6.45) is -0.819. The number of nitrogens with one attached hydrogen (secondary N) is 1. The summed E-state index contributed by atoms with van der Waals surface area (Å²) >= 11 is 0. The standard InChI is InChI=1S/C5H12N4O3/c6-4(9-11)3-8-1-2-12-5(7)10/h8,11H,1-3H2,(H2,6,9)(H2,7,10). The summed E-state index contributed by atoms with van der Waals surface area (Å²) in [6.45, 7) is 0.797. The molecule has 0 aromatic heterocycles. The van der Waals surface area contributed by atoms with Crippen molar-refractivity contribution in [1.29, 1.82) is 0 Å². The van der Waals surface area contributed by atoms with Crippen LogP contribution in [0.25, 0.3) is 0 Å². The molecule has 0 radical (unpaired) electrons. The predicted molar refractivity (Wildman–Crippen MR) is 41.8 cm³/mol. The number of carbonyl (C=O) groups excluding carboxylic acids is 1. The molecule has 6 N–H and O–H groups in total. The van der Waals surface area contributed by atoms with Gasteiger partial charge in [-0.05, 0) is 0 Å². The Bertz CT molecular complexity index is 170. The van der Waals surface area contributed by atoms with E-state index in [0.29, 0.717) is 6.54 Å². The van der Waals surface area contributed by atoms with Gasteiger partial charge in [-0.1, -0.05) is 5.16 Å². The number of amides is 1. The Balaban J connectivity index is 3.16. The fraction of sp³-hybridized carbons (Fsp3) is 0.600. The third-order valence-electron chi connectivity index (χ3n) is 0.958. The van der Waals surface area contributed by atoms with Gasteiger partial charge in [0.25, 0.3) is 0 Å². The molecule has 0 fully saturated rings. The van der Waals surface area contributed by atoms with E-state index in [1.54, 1.807) is 0 Å². The van der Waals surface area contributed by atoms with Crippen LogP contribution < -0.4 is 16.8 Å². The molecule has 0 aromatic carbocycles. The molecule has 70 valence electrons. The van der Waals surface area contributed by atoms with Crippen LogP contribution in [0.15, 0.2) is 5.16 Å². The monoisotopic (exact) mass is 176 g/mol. The van der Waals surface area contributed by atoms with E-state index in [2.05, 4.69) is 20.9 Å². The summed E-state index contributed by atoms with van der Waals surface area (Å²) in [6, 6.07) is 0. The van der Waals surface area contributed by atoms with Crippen LogP contribution in [-0.4, -0.2) is 36.8 Å². The van der Waals surface area contributed by atoms with E-state index in [1.807, 2.05) is 0 Å². The largest absolute Gasteiger partial charge is 0.448 e. The van der Waals surface area contributed by atoms with Gasteiger partial charge in [-0.2, -0.15) is 0 Å². The number of carbonyl (C=O) groups is 1. The molecule has 0 spiro atoms. The van der Waals surface area contributed by atoms with Crippen molar-refractivity contribution in [2.75, 3.05) is 19.7 Å². The number of amidine groups is 1. The van der Waals surface area contributed by atoms with Gasteiger partial charge in [0.2, 0.25) is 0 Å². The summed E-state index contributed by atoms with van der Waals surface area (Å²) in [7, 11) is 0. The maximum atomic E-state index is 10.0. The molecular formula is C5H12N4O3. The van der Waals surface area contributed by atoms with E-state index < -0.39 is 6.09 Å². The Labute approximate surface area is 69.3 Å². The van der Waals surface area contributed by atoms with E-state index in [0.717, 1.165) is 0 Å². The maximum absolute atomic E-state index is 10.0. The van der Waals surface area contributed by atoms with Gasteiger partial charge < -0.3 is 26.7 Å². The molecular weight excluding hydrogens is 164 g/mol. The highest BCUT2D eigenvalue weighted by Crippen LogP contribution is 1.71. The van der Waals surface area contributed by atoms with Crippen LogP contribution in [0.4, 0.5) is 4.79 Å². The molecule has 7 heteroatoms. The molecule has 0 unspecified atom stereocenters. The molecule has 12 heavy (non-hydrogen) atoms. The second kappa shape index (κ2) is 6.23. The minimum atomic E-state index is -0.819. The summed E-state index contributed by atoms with van der Waals surface area (Å²) in [5, 5.41) is 13.6. The Morgan fingerprint density at radius 3 is 2.75 bits per heavy atom. The van der Waals surface area contributed by atoms with Gasteiger partial charge in [-0.15, -0.1) is 0 Å². The van der Waals surface area contributed by atoms with Crippen LogP contribution in [0, 0.1) is 0 Å². The Kier molecular flexibility index (Phi) is 5.45. The zero-order valence-electron chi connectivity index (χ0n) is 6.49. The van der Waals surface area contributed by atoms with Crippen molar-refractivity contribution in [2.24, 2.45) is 16.6 Å². The average Bonchev–Trinajstić information content (AvgIpc) is 2.03. The first-order valence-electron chi connectivity index (χ1n) is 3.26. The summed E-state index contributed by atoms with van der Waals surface area (Å²) in [4.78, 5) is 10.0. The molecule has 0 heterocycles. The van der Waals surface area contributed by atoms with E-state index in [-0.39, 0.29) is 19.0 Å². The van der Waals surface area contributed by atoms with Gasteiger partial charge in [-0.3, -0.25) is 0 Å². The first kappa shape index (κ1) is 10.5. The van der Waals surface area contributed by atoms with Crippen molar-refractivity contribution in [2.45, 2.75) is 0 Å². The fourth-order valence-electron chi connectivity index (χ4n) is 0.476. The SMILES string of the molecule is NC(=O)OCCNCC(N)=NO. The molecule has 0 aliphatic heterocycles. The van der Waals surface area contributed by atoms with E-state index >= 15 is 0 Å². The van der Waals surface area contributed by atoms with Gasteiger partial charge in [0.05, 0.1) is 6.54 Å². The summed E-state index contributed by atoms with van der Waals surface area (Å²) in [5.74, 6) is 0.0640. The zero-order valence-corrected chi connectivity index (χ0v) is 6.49. The predicted octanol–water partition coefficient (Wildman–Crippen LogP) is -1.58. The number of hydrogen-bond acceptors (Lipinski definition) is 5. The van der Waals surface area contributed by atoms with Crippen LogP contribution in [0.3, 0.4) is 0 Å². The van der Waals surface area contributed by atoms with Crippen molar-refractivity contribution in [1.82, 2.24) is 5.32 Å². The Hall–Kier alpha value is -1.50. The minimum Gasteiger partial charge on any atom is -0.448 e. The quantitative estimate of drug-likeness (QED) is 0.132. The maximum Gasteiger partial charge on any atom is 0.404 e. The Morgan fingerprint density at radius 2 is 2.25 bits per heavy atom. The second-order valence-electron chi connectivity index (χ2n) is 1.94. The zero-order chi connectivity index (χ0) is 9.40. The van der Waals surface area contributed by atoms with Gasteiger partial charge >= 0.3 is 6.09 Å². The van der Waals surface area contributed by atoms with Gasteiger partial charge in [-0.25, -0.2) is 4.79 Å². The fourth-order valence-corrected chi connectivity index (χ4v) is 0.476. The molecule has 0 atom stereocenters. The smallest absolute Gasteiger partial charge is 0.404 e. The van der Waals surface area contributed by atoms with Gasteiger partial charge in [0, 0.05) is 6.54 Å². The third kappa shape index (κ3) is 6.62. The number of hydrogen-bond donors (Lipinski definition) is 4. The van der Waals surface area contributed by atoms with Crippen molar-refractivity contribution < 1.29 is 14.7 Å². The first-order chi connectivity index (χ1) is 5.66. The average molecular weight is 176 g/mol. The topological polar surface area (TPSA) is 123 Å². The molecule has 0 rings (SSSR count).